The minimum atomic E-state index is -0.0849. The first-order chi connectivity index (χ1) is 24.5. The molecule has 0 bridgehead atoms. The van der Waals surface area contributed by atoms with E-state index in [4.69, 9.17) is 0 Å². The normalized spacial score (nSPS) is 12.8. The minimum Gasteiger partial charge on any atom is -0.310 e. The smallest absolute Gasteiger partial charge is 0.0467 e. The van der Waals surface area contributed by atoms with Gasteiger partial charge in [-0.05, 0) is 109 Å². The Morgan fingerprint density at radius 2 is 0.900 bits per heavy atom. The lowest BCUT2D eigenvalue weighted by Crippen LogP contribution is -2.16. The molecule has 1 heteroatoms. The number of rotatable bonds is 6. The SMILES string of the molecule is CC1(C)c2ccccc2-c2ccc(N(c3ccc(-c4cccc(-c5cccc6ccccc56)c4)cc3)c3cccc(-c4ccccc4)c3)cc21. The molecular weight excluding hydrogens is 603 g/mol. The standard InChI is InChI=1S/C49H37N/c1-49(2)47-24-9-8-22-45(47)46-30-29-42(33-48(46)49)50(41-20-11-18-38(32-41)34-13-4-3-5-14-34)40-27-25-35(26-28-40)37-17-10-19-39(31-37)44-23-12-16-36-15-6-7-21-43(36)44/h3-33H,1-2H3. The Kier molecular flexibility index (Phi) is 7.21. The van der Waals surface area contributed by atoms with E-state index in [-0.39, 0.29) is 5.41 Å². The van der Waals surface area contributed by atoms with E-state index in [1.165, 1.54) is 66.4 Å². The van der Waals surface area contributed by atoms with Crippen LogP contribution in [-0.2, 0) is 5.41 Å². The van der Waals surface area contributed by atoms with Crippen LogP contribution in [0.25, 0.3) is 55.3 Å². The molecule has 50 heavy (non-hydrogen) atoms. The van der Waals surface area contributed by atoms with Crippen molar-refractivity contribution in [2.75, 3.05) is 4.90 Å². The topological polar surface area (TPSA) is 3.24 Å². The molecule has 0 aromatic heterocycles. The van der Waals surface area contributed by atoms with Crippen molar-refractivity contribution in [1.29, 1.82) is 0 Å². The van der Waals surface area contributed by atoms with Crippen molar-refractivity contribution >= 4 is 27.8 Å². The Bertz CT molecular complexity index is 2500. The lowest BCUT2D eigenvalue weighted by Gasteiger charge is -2.28. The second kappa shape index (κ2) is 12.1. The summed E-state index contributed by atoms with van der Waals surface area (Å²) in [5.74, 6) is 0. The summed E-state index contributed by atoms with van der Waals surface area (Å²) in [7, 11) is 0. The molecule has 0 saturated carbocycles. The average Bonchev–Trinajstić information content (AvgIpc) is 3.41. The van der Waals surface area contributed by atoms with Crippen LogP contribution in [-0.4, -0.2) is 0 Å². The molecule has 0 amide bonds. The van der Waals surface area contributed by atoms with Gasteiger partial charge in [0.25, 0.3) is 0 Å². The van der Waals surface area contributed by atoms with Crippen LogP contribution in [0.5, 0.6) is 0 Å². The third kappa shape index (κ3) is 5.11. The van der Waals surface area contributed by atoms with Crippen molar-refractivity contribution in [2.24, 2.45) is 0 Å². The summed E-state index contributed by atoms with van der Waals surface area (Å²) in [4.78, 5) is 2.40. The minimum absolute atomic E-state index is 0.0849. The Labute approximate surface area is 294 Å². The van der Waals surface area contributed by atoms with Gasteiger partial charge in [0.1, 0.15) is 0 Å². The highest BCUT2D eigenvalue weighted by atomic mass is 15.1. The molecule has 1 aliphatic rings. The zero-order valence-corrected chi connectivity index (χ0v) is 28.3. The zero-order chi connectivity index (χ0) is 33.7. The predicted molar refractivity (Wildman–Crippen MR) is 213 cm³/mol. The molecule has 8 aromatic rings. The van der Waals surface area contributed by atoms with Gasteiger partial charge in [-0.15, -0.1) is 0 Å². The van der Waals surface area contributed by atoms with Crippen molar-refractivity contribution in [3.8, 4) is 44.5 Å². The van der Waals surface area contributed by atoms with E-state index < -0.39 is 0 Å². The quantitative estimate of drug-likeness (QED) is 0.175. The maximum atomic E-state index is 2.41. The lowest BCUT2D eigenvalue weighted by atomic mass is 9.82. The Morgan fingerprint density at radius 1 is 0.340 bits per heavy atom. The van der Waals surface area contributed by atoms with E-state index in [2.05, 4.69) is 207 Å². The maximum Gasteiger partial charge on any atom is 0.0467 e. The molecule has 0 unspecified atom stereocenters. The van der Waals surface area contributed by atoms with Gasteiger partial charge in [0.15, 0.2) is 0 Å². The lowest BCUT2D eigenvalue weighted by molar-refractivity contribution is 0.660. The molecule has 0 N–H and O–H groups in total. The molecule has 0 radical (unpaired) electrons. The van der Waals surface area contributed by atoms with Gasteiger partial charge >= 0.3 is 0 Å². The Balaban J connectivity index is 1.14. The highest BCUT2D eigenvalue weighted by Crippen LogP contribution is 2.50. The zero-order valence-electron chi connectivity index (χ0n) is 28.3. The molecule has 238 valence electrons. The summed E-state index contributed by atoms with van der Waals surface area (Å²) in [5, 5.41) is 2.53. The highest BCUT2D eigenvalue weighted by Gasteiger charge is 2.35. The first-order valence-corrected chi connectivity index (χ1v) is 17.4. The van der Waals surface area contributed by atoms with E-state index in [1.807, 2.05) is 0 Å². The van der Waals surface area contributed by atoms with E-state index in [1.54, 1.807) is 0 Å². The van der Waals surface area contributed by atoms with Gasteiger partial charge in [0.05, 0.1) is 0 Å². The second-order valence-electron chi connectivity index (χ2n) is 13.8. The van der Waals surface area contributed by atoms with Crippen LogP contribution in [0.15, 0.2) is 188 Å². The van der Waals surface area contributed by atoms with E-state index in [0.29, 0.717) is 0 Å². The molecular formula is C49H37N. The van der Waals surface area contributed by atoms with Crippen LogP contribution in [0, 0.1) is 0 Å². The van der Waals surface area contributed by atoms with Gasteiger partial charge in [-0.1, -0.05) is 159 Å². The summed E-state index contributed by atoms with van der Waals surface area (Å²) in [6.45, 7) is 4.70. The highest BCUT2D eigenvalue weighted by molar-refractivity contribution is 5.97. The first kappa shape index (κ1) is 29.9. The first-order valence-electron chi connectivity index (χ1n) is 17.4. The summed E-state index contributed by atoms with van der Waals surface area (Å²) >= 11 is 0. The van der Waals surface area contributed by atoms with Crippen LogP contribution < -0.4 is 4.90 Å². The van der Waals surface area contributed by atoms with Gasteiger partial charge in [0, 0.05) is 22.5 Å². The molecule has 9 rings (SSSR count). The van der Waals surface area contributed by atoms with Crippen LogP contribution >= 0.6 is 0 Å². The van der Waals surface area contributed by atoms with Gasteiger partial charge in [-0.3, -0.25) is 0 Å². The molecule has 0 heterocycles. The molecule has 0 saturated heterocycles. The molecule has 1 nitrogen and oxygen atoms in total. The van der Waals surface area contributed by atoms with Crippen molar-refractivity contribution in [3.05, 3.63) is 199 Å². The van der Waals surface area contributed by atoms with Crippen molar-refractivity contribution in [3.63, 3.8) is 0 Å². The molecule has 1 aliphatic carbocycles. The summed E-state index contributed by atoms with van der Waals surface area (Å²) < 4.78 is 0. The van der Waals surface area contributed by atoms with Crippen molar-refractivity contribution in [2.45, 2.75) is 19.3 Å². The van der Waals surface area contributed by atoms with Gasteiger partial charge in [-0.2, -0.15) is 0 Å². The number of hydrogen-bond acceptors (Lipinski definition) is 1. The third-order valence-corrected chi connectivity index (χ3v) is 10.5. The Hall–Kier alpha value is -6.18. The molecule has 0 aliphatic heterocycles. The summed E-state index contributed by atoms with van der Waals surface area (Å²) in [6.07, 6.45) is 0. The summed E-state index contributed by atoms with van der Waals surface area (Å²) in [5.41, 5.74) is 16.0. The monoisotopic (exact) mass is 639 g/mol. The molecule has 0 spiro atoms. The third-order valence-electron chi connectivity index (χ3n) is 10.5. The van der Waals surface area contributed by atoms with Crippen molar-refractivity contribution in [1.82, 2.24) is 0 Å². The van der Waals surface area contributed by atoms with Crippen LogP contribution in [0.4, 0.5) is 17.1 Å². The van der Waals surface area contributed by atoms with E-state index >= 15 is 0 Å². The molecule has 0 atom stereocenters. The molecule has 0 fully saturated rings. The number of nitrogens with zero attached hydrogens (tertiary/aromatic N) is 1. The van der Waals surface area contributed by atoms with Crippen LogP contribution in [0.3, 0.4) is 0 Å². The fourth-order valence-corrected chi connectivity index (χ4v) is 7.88. The number of benzene rings is 8. The number of fused-ring (bicyclic) bond motifs is 4. The largest absolute Gasteiger partial charge is 0.310 e. The Morgan fingerprint density at radius 3 is 1.76 bits per heavy atom. The average molecular weight is 640 g/mol. The van der Waals surface area contributed by atoms with Crippen LogP contribution in [0.1, 0.15) is 25.0 Å². The van der Waals surface area contributed by atoms with Gasteiger partial charge in [-0.25, -0.2) is 0 Å². The van der Waals surface area contributed by atoms with E-state index in [9.17, 15) is 0 Å². The second-order valence-corrected chi connectivity index (χ2v) is 13.8. The van der Waals surface area contributed by atoms with Crippen molar-refractivity contribution < 1.29 is 0 Å². The fourth-order valence-electron chi connectivity index (χ4n) is 7.88. The number of hydrogen-bond donors (Lipinski definition) is 0. The van der Waals surface area contributed by atoms with Gasteiger partial charge < -0.3 is 4.90 Å². The van der Waals surface area contributed by atoms with Crippen LogP contribution in [0.2, 0.25) is 0 Å². The van der Waals surface area contributed by atoms with E-state index in [0.717, 1.165) is 17.1 Å². The number of anilines is 3. The fraction of sp³-hybridized carbons (Fsp3) is 0.0612. The summed E-state index contributed by atoms with van der Waals surface area (Å²) in [6, 6.07) is 68.6. The predicted octanol–water partition coefficient (Wildman–Crippen LogP) is 13.6. The molecule has 8 aromatic carbocycles. The van der Waals surface area contributed by atoms with Gasteiger partial charge in [0.2, 0.25) is 0 Å². The maximum absolute atomic E-state index is 2.41.